The van der Waals surface area contributed by atoms with Crippen LogP contribution in [0.25, 0.3) is 0 Å². The van der Waals surface area contributed by atoms with Crippen LogP contribution in [0.5, 0.6) is 0 Å². The van der Waals surface area contributed by atoms with Crippen LogP contribution in [0.1, 0.15) is 30.9 Å². The largest absolute Gasteiger partial charge is 0.356 e. The van der Waals surface area contributed by atoms with Gasteiger partial charge < -0.3 is 15.5 Å². The number of rotatable bonds is 6. The third-order valence-electron chi connectivity index (χ3n) is 4.15. The number of hydrogen-bond acceptors (Lipinski definition) is 2. The van der Waals surface area contributed by atoms with Gasteiger partial charge in [-0.3, -0.25) is 4.99 Å². The van der Waals surface area contributed by atoms with Gasteiger partial charge in [0.15, 0.2) is 5.96 Å². The van der Waals surface area contributed by atoms with E-state index in [0.717, 1.165) is 19.0 Å². The second kappa shape index (κ2) is 10.9. The summed E-state index contributed by atoms with van der Waals surface area (Å²) in [5.74, 6) is 1.52. The molecule has 1 saturated heterocycles. The zero-order valence-electron chi connectivity index (χ0n) is 14.6. The summed E-state index contributed by atoms with van der Waals surface area (Å²) in [6, 6.07) is 8.57. The van der Waals surface area contributed by atoms with Gasteiger partial charge in [-0.15, -0.1) is 24.0 Å². The molecule has 1 aromatic carbocycles. The lowest BCUT2D eigenvalue weighted by atomic mass is 10.1. The Bertz CT molecular complexity index is 484. The van der Waals surface area contributed by atoms with Gasteiger partial charge in [-0.2, -0.15) is 0 Å². The first kappa shape index (κ1) is 20.2. The molecule has 1 aliphatic heterocycles. The van der Waals surface area contributed by atoms with Crippen molar-refractivity contribution in [3.8, 4) is 0 Å². The van der Waals surface area contributed by atoms with Crippen LogP contribution >= 0.6 is 24.0 Å². The standard InChI is InChI=1S/C18H30N4.HI/c1-15-7-6-8-17(11-15)13-21-18(19-3)20-12-16(2)14-22-9-4-5-10-22;/h6-8,11,16H,4-5,9-10,12-14H2,1-3H3,(H2,19,20,21);1H. The van der Waals surface area contributed by atoms with Crippen molar-refractivity contribution < 1.29 is 0 Å². The van der Waals surface area contributed by atoms with Gasteiger partial charge >= 0.3 is 0 Å². The van der Waals surface area contributed by atoms with E-state index in [4.69, 9.17) is 0 Å². The summed E-state index contributed by atoms with van der Waals surface area (Å²) in [5.41, 5.74) is 2.58. The highest BCUT2D eigenvalue weighted by Crippen LogP contribution is 2.09. The first-order valence-corrected chi connectivity index (χ1v) is 8.40. The zero-order valence-corrected chi connectivity index (χ0v) is 17.0. The number of hydrogen-bond donors (Lipinski definition) is 2. The fourth-order valence-electron chi connectivity index (χ4n) is 2.97. The molecule has 0 aliphatic carbocycles. The molecule has 2 rings (SSSR count). The van der Waals surface area contributed by atoms with Crippen LogP contribution in [-0.4, -0.2) is 44.1 Å². The lowest BCUT2D eigenvalue weighted by molar-refractivity contribution is 0.287. The SMILES string of the molecule is CN=C(NCc1cccc(C)c1)NCC(C)CN1CCCC1.I. The summed E-state index contributed by atoms with van der Waals surface area (Å²) in [4.78, 5) is 6.87. The molecule has 0 saturated carbocycles. The van der Waals surface area contributed by atoms with E-state index in [0.29, 0.717) is 5.92 Å². The topological polar surface area (TPSA) is 39.7 Å². The lowest BCUT2D eigenvalue weighted by Crippen LogP contribution is -2.41. The van der Waals surface area contributed by atoms with Crippen LogP contribution in [0, 0.1) is 12.8 Å². The van der Waals surface area contributed by atoms with Gasteiger partial charge in [-0.25, -0.2) is 0 Å². The molecule has 1 aromatic rings. The number of halogens is 1. The maximum absolute atomic E-state index is 4.31. The molecule has 5 heteroatoms. The Kier molecular flexibility index (Phi) is 9.55. The molecule has 23 heavy (non-hydrogen) atoms. The van der Waals surface area contributed by atoms with Crippen molar-refractivity contribution in [3.05, 3.63) is 35.4 Å². The molecule has 1 unspecified atom stereocenters. The number of nitrogens with one attached hydrogen (secondary N) is 2. The van der Waals surface area contributed by atoms with E-state index in [1.807, 2.05) is 7.05 Å². The van der Waals surface area contributed by atoms with Crippen LogP contribution in [0.3, 0.4) is 0 Å². The van der Waals surface area contributed by atoms with Crippen molar-refractivity contribution in [1.29, 1.82) is 0 Å². The lowest BCUT2D eigenvalue weighted by Gasteiger charge is -2.21. The number of benzene rings is 1. The van der Waals surface area contributed by atoms with E-state index in [9.17, 15) is 0 Å². The zero-order chi connectivity index (χ0) is 15.8. The fraction of sp³-hybridized carbons (Fsp3) is 0.611. The van der Waals surface area contributed by atoms with Crippen molar-refractivity contribution in [2.45, 2.75) is 33.2 Å². The number of likely N-dealkylation sites (tertiary alicyclic amines) is 1. The van der Waals surface area contributed by atoms with Crippen LogP contribution < -0.4 is 10.6 Å². The van der Waals surface area contributed by atoms with E-state index in [2.05, 4.69) is 58.6 Å². The summed E-state index contributed by atoms with van der Waals surface area (Å²) >= 11 is 0. The smallest absolute Gasteiger partial charge is 0.191 e. The Hall–Kier alpha value is -0.820. The Balaban J connectivity index is 0.00000264. The van der Waals surface area contributed by atoms with Gasteiger partial charge in [0, 0.05) is 26.7 Å². The molecule has 0 bridgehead atoms. The summed E-state index contributed by atoms with van der Waals surface area (Å²) in [5, 5.41) is 6.83. The minimum absolute atomic E-state index is 0. The number of guanidine groups is 1. The molecule has 130 valence electrons. The second-order valence-electron chi connectivity index (χ2n) is 6.41. The molecule has 1 heterocycles. The molecule has 0 spiro atoms. The van der Waals surface area contributed by atoms with Crippen molar-refractivity contribution in [2.75, 3.05) is 33.2 Å². The summed E-state index contributed by atoms with van der Waals surface area (Å²) in [6.45, 7) is 9.92. The van der Waals surface area contributed by atoms with E-state index in [1.165, 1.54) is 43.6 Å². The normalized spacial score (nSPS) is 16.7. The molecule has 0 radical (unpaired) electrons. The highest BCUT2D eigenvalue weighted by molar-refractivity contribution is 14.0. The van der Waals surface area contributed by atoms with Gasteiger partial charge in [-0.1, -0.05) is 36.8 Å². The molecular weight excluding hydrogens is 399 g/mol. The van der Waals surface area contributed by atoms with E-state index < -0.39 is 0 Å². The first-order chi connectivity index (χ1) is 10.7. The van der Waals surface area contributed by atoms with Gasteiger partial charge in [0.2, 0.25) is 0 Å². The van der Waals surface area contributed by atoms with Gasteiger partial charge in [0.25, 0.3) is 0 Å². The number of aryl methyl sites for hydroxylation is 1. The van der Waals surface area contributed by atoms with E-state index in [1.54, 1.807) is 0 Å². The molecule has 1 fully saturated rings. The second-order valence-corrected chi connectivity index (χ2v) is 6.41. The molecule has 2 N–H and O–H groups in total. The molecule has 4 nitrogen and oxygen atoms in total. The van der Waals surface area contributed by atoms with Gasteiger partial charge in [0.1, 0.15) is 0 Å². The summed E-state index contributed by atoms with van der Waals surface area (Å²) in [7, 11) is 1.83. The van der Waals surface area contributed by atoms with Gasteiger partial charge in [0.05, 0.1) is 0 Å². The van der Waals surface area contributed by atoms with Crippen LogP contribution in [-0.2, 0) is 6.54 Å². The molecule has 0 aromatic heterocycles. The minimum atomic E-state index is 0. The fourth-order valence-corrected chi connectivity index (χ4v) is 2.97. The maximum atomic E-state index is 4.31. The third kappa shape index (κ3) is 7.52. The first-order valence-electron chi connectivity index (χ1n) is 8.40. The Labute approximate surface area is 158 Å². The van der Waals surface area contributed by atoms with Crippen LogP contribution in [0.2, 0.25) is 0 Å². The van der Waals surface area contributed by atoms with Crippen molar-refractivity contribution in [2.24, 2.45) is 10.9 Å². The third-order valence-corrected chi connectivity index (χ3v) is 4.15. The van der Waals surface area contributed by atoms with Crippen molar-refractivity contribution in [3.63, 3.8) is 0 Å². The highest BCUT2D eigenvalue weighted by atomic mass is 127. The van der Waals surface area contributed by atoms with Crippen LogP contribution in [0.15, 0.2) is 29.3 Å². The van der Waals surface area contributed by atoms with E-state index in [-0.39, 0.29) is 24.0 Å². The average Bonchev–Trinajstić information content (AvgIpc) is 3.00. The van der Waals surface area contributed by atoms with Crippen molar-refractivity contribution >= 4 is 29.9 Å². The monoisotopic (exact) mass is 430 g/mol. The number of aliphatic imine (C=N–C) groups is 1. The quantitative estimate of drug-likeness (QED) is 0.414. The van der Waals surface area contributed by atoms with Gasteiger partial charge in [-0.05, 0) is 44.3 Å². The maximum Gasteiger partial charge on any atom is 0.191 e. The molecule has 0 amide bonds. The molecular formula is C18H31IN4. The molecule has 1 atom stereocenters. The summed E-state index contributed by atoms with van der Waals surface area (Å²) in [6.07, 6.45) is 2.72. The predicted octanol–water partition coefficient (Wildman–Crippen LogP) is 3.01. The Morgan fingerprint density at radius 2 is 2.00 bits per heavy atom. The Morgan fingerprint density at radius 3 is 2.65 bits per heavy atom. The Morgan fingerprint density at radius 1 is 1.26 bits per heavy atom. The minimum Gasteiger partial charge on any atom is -0.356 e. The van der Waals surface area contributed by atoms with E-state index >= 15 is 0 Å². The van der Waals surface area contributed by atoms with Crippen molar-refractivity contribution in [1.82, 2.24) is 15.5 Å². The average molecular weight is 430 g/mol. The number of nitrogens with zero attached hydrogens (tertiary/aromatic N) is 2. The highest BCUT2D eigenvalue weighted by Gasteiger charge is 2.14. The summed E-state index contributed by atoms with van der Waals surface area (Å²) < 4.78 is 0. The van der Waals surface area contributed by atoms with Crippen LogP contribution in [0.4, 0.5) is 0 Å². The predicted molar refractivity (Wildman–Crippen MR) is 110 cm³/mol. The molecule has 1 aliphatic rings.